The minimum atomic E-state index is -0.260. The van der Waals surface area contributed by atoms with Gasteiger partial charge in [0.25, 0.3) is 0 Å². The molecule has 0 bridgehead atoms. The van der Waals surface area contributed by atoms with Gasteiger partial charge in [-0.1, -0.05) is 18.2 Å². The van der Waals surface area contributed by atoms with E-state index in [9.17, 15) is 4.39 Å². The van der Waals surface area contributed by atoms with Crippen molar-refractivity contribution in [3.05, 3.63) is 35.6 Å². The van der Waals surface area contributed by atoms with E-state index in [2.05, 4.69) is 0 Å². The van der Waals surface area contributed by atoms with Gasteiger partial charge in [-0.2, -0.15) is 0 Å². The second-order valence-electron chi connectivity index (χ2n) is 3.38. The Kier molecular flexibility index (Phi) is 5.25. The third kappa shape index (κ3) is 4.38. The Morgan fingerprint density at radius 3 is 2.80 bits per heavy atom. The van der Waals surface area contributed by atoms with Gasteiger partial charge in [-0.3, -0.25) is 0 Å². The first-order valence-electron chi connectivity index (χ1n) is 4.91. The van der Waals surface area contributed by atoms with Crippen molar-refractivity contribution in [2.75, 3.05) is 13.2 Å². The summed E-state index contributed by atoms with van der Waals surface area (Å²) in [6.07, 6.45) is 0.574. The summed E-state index contributed by atoms with van der Waals surface area (Å²) in [5.74, 6) is -0.260. The lowest BCUT2D eigenvalue weighted by Gasteiger charge is -2.08. The molecule has 0 aliphatic rings. The summed E-state index contributed by atoms with van der Waals surface area (Å²) in [5, 5.41) is 8.65. The molecule has 1 aromatic carbocycles. The van der Waals surface area contributed by atoms with Crippen molar-refractivity contribution in [3.63, 3.8) is 0 Å². The quantitative estimate of drug-likeness (QED) is 0.694. The zero-order valence-corrected chi connectivity index (χ0v) is 8.53. The van der Waals surface area contributed by atoms with Crippen LogP contribution in [0.5, 0.6) is 0 Å². The number of aliphatic hydroxyl groups excluding tert-OH is 1. The minimum absolute atomic E-state index is 0.0525. The maximum Gasteiger partial charge on any atom is 0.128 e. The first-order chi connectivity index (χ1) is 7.24. The van der Waals surface area contributed by atoms with Gasteiger partial charge in [0.05, 0.1) is 13.2 Å². The molecular weight excluding hydrogens is 197 g/mol. The number of aliphatic hydroxyl groups is 1. The fraction of sp³-hybridized carbons (Fsp3) is 0.455. The topological polar surface area (TPSA) is 55.5 Å². The molecule has 0 aliphatic heterocycles. The van der Waals surface area contributed by atoms with Crippen molar-refractivity contribution in [1.82, 2.24) is 0 Å². The molecule has 1 aromatic rings. The van der Waals surface area contributed by atoms with E-state index in [0.29, 0.717) is 18.6 Å². The number of halogens is 1. The lowest BCUT2D eigenvalue weighted by atomic mass is 10.2. The van der Waals surface area contributed by atoms with E-state index in [1.54, 1.807) is 18.2 Å². The fourth-order valence-corrected chi connectivity index (χ4v) is 1.12. The van der Waals surface area contributed by atoms with Crippen LogP contribution >= 0.6 is 0 Å². The summed E-state index contributed by atoms with van der Waals surface area (Å²) in [7, 11) is 0. The van der Waals surface area contributed by atoms with Crippen molar-refractivity contribution < 1.29 is 14.2 Å². The highest BCUT2D eigenvalue weighted by Crippen LogP contribution is 2.07. The van der Waals surface area contributed by atoms with Crippen LogP contribution in [0.15, 0.2) is 24.3 Å². The number of benzene rings is 1. The van der Waals surface area contributed by atoms with Crippen LogP contribution in [0.3, 0.4) is 0 Å². The summed E-state index contributed by atoms with van der Waals surface area (Å²) < 4.78 is 18.3. The second-order valence-corrected chi connectivity index (χ2v) is 3.38. The molecule has 1 rings (SSSR count). The average Bonchev–Trinajstić information content (AvgIpc) is 2.26. The second kappa shape index (κ2) is 6.50. The van der Waals surface area contributed by atoms with Crippen molar-refractivity contribution in [2.24, 2.45) is 5.73 Å². The summed E-state index contributed by atoms with van der Waals surface area (Å²) in [4.78, 5) is 0. The minimum Gasteiger partial charge on any atom is -0.395 e. The Bertz CT molecular complexity index is 294. The Morgan fingerprint density at radius 2 is 2.13 bits per heavy atom. The van der Waals surface area contributed by atoms with E-state index in [-0.39, 0.29) is 25.1 Å². The molecule has 0 radical (unpaired) electrons. The molecule has 84 valence electrons. The summed E-state index contributed by atoms with van der Waals surface area (Å²) in [6.45, 7) is 0.615. The molecule has 0 aromatic heterocycles. The SMILES string of the molecule is N[C@H](CO)CCOCc1ccccc1F. The first kappa shape index (κ1) is 12.1. The molecule has 0 saturated carbocycles. The lowest BCUT2D eigenvalue weighted by molar-refractivity contribution is 0.105. The highest BCUT2D eigenvalue weighted by molar-refractivity contribution is 5.16. The van der Waals surface area contributed by atoms with Crippen LogP contribution in [-0.2, 0) is 11.3 Å². The number of hydrogen-bond donors (Lipinski definition) is 2. The molecule has 3 nitrogen and oxygen atoms in total. The normalized spacial score (nSPS) is 12.7. The van der Waals surface area contributed by atoms with E-state index in [1.165, 1.54) is 6.07 Å². The zero-order chi connectivity index (χ0) is 11.1. The van der Waals surface area contributed by atoms with Crippen molar-refractivity contribution in [1.29, 1.82) is 0 Å². The lowest BCUT2D eigenvalue weighted by Crippen LogP contribution is -2.25. The van der Waals surface area contributed by atoms with Gasteiger partial charge in [0.15, 0.2) is 0 Å². The molecular formula is C11H16FNO2. The van der Waals surface area contributed by atoms with Crippen LogP contribution in [0.2, 0.25) is 0 Å². The fourth-order valence-electron chi connectivity index (χ4n) is 1.12. The molecule has 0 saturated heterocycles. The van der Waals surface area contributed by atoms with Crippen LogP contribution in [0.4, 0.5) is 4.39 Å². The maximum absolute atomic E-state index is 13.1. The van der Waals surface area contributed by atoms with Crippen LogP contribution in [0, 0.1) is 5.82 Å². The van der Waals surface area contributed by atoms with E-state index in [4.69, 9.17) is 15.6 Å². The Hall–Kier alpha value is -0.970. The Labute approximate surface area is 88.7 Å². The molecule has 3 N–H and O–H groups in total. The third-order valence-electron chi connectivity index (χ3n) is 2.08. The molecule has 4 heteroatoms. The molecule has 0 aliphatic carbocycles. The molecule has 0 amide bonds. The van der Waals surface area contributed by atoms with Crippen LogP contribution in [0.1, 0.15) is 12.0 Å². The number of nitrogens with two attached hydrogens (primary N) is 1. The Balaban J connectivity index is 2.23. The summed E-state index contributed by atoms with van der Waals surface area (Å²) >= 11 is 0. The smallest absolute Gasteiger partial charge is 0.128 e. The largest absolute Gasteiger partial charge is 0.395 e. The van der Waals surface area contributed by atoms with Gasteiger partial charge < -0.3 is 15.6 Å². The zero-order valence-electron chi connectivity index (χ0n) is 8.53. The third-order valence-corrected chi connectivity index (χ3v) is 2.08. The van der Waals surface area contributed by atoms with Crippen LogP contribution in [-0.4, -0.2) is 24.4 Å². The van der Waals surface area contributed by atoms with Crippen molar-refractivity contribution in [2.45, 2.75) is 19.1 Å². The van der Waals surface area contributed by atoms with Crippen molar-refractivity contribution >= 4 is 0 Å². The van der Waals surface area contributed by atoms with Gasteiger partial charge in [0, 0.05) is 18.2 Å². The van der Waals surface area contributed by atoms with Crippen LogP contribution in [0.25, 0.3) is 0 Å². The average molecular weight is 213 g/mol. The highest BCUT2D eigenvalue weighted by atomic mass is 19.1. The predicted octanol–water partition coefficient (Wildman–Crippen LogP) is 1.05. The summed E-state index contributed by atoms with van der Waals surface area (Å²) in [6, 6.07) is 6.23. The van der Waals surface area contributed by atoms with Gasteiger partial charge in [-0.05, 0) is 12.5 Å². The number of hydrogen-bond acceptors (Lipinski definition) is 3. The van der Waals surface area contributed by atoms with E-state index < -0.39 is 0 Å². The van der Waals surface area contributed by atoms with Gasteiger partial charge in [0.2, 0.25) is 0 Å². The van der Waals surface area contributed by atoms with E-state index in [0.717, 1.165) is 0 Å². The molecule has 15 heavy (non-hydrogen) atoms. The van der Waals surface area contributed by atoms with Crippen molar-refractivity contribution in [3.8, 4) is 0 Å². The van der Waals surface area contributed by atoms with Gasteiger partial charge >= 0.3 is 0 Å². The van der Waals surface area contributed by atoms with Gasteiger partial charge in [0.1, 0.15) is 5.82 Å². The number of rotatable bonds is 6. The molecule has 0 unspecified atom stereocenters. The highest BCUT2D eigenvalue weighted by Gasteiger charge is 2.02. The van der Waals surface area contributed by atoms with Gasteiger partial charge in [-0.25, -0.2) is 4.39 Å². The maximum atomic E-state index is 13.1. The van der Waals surface area contributed by atoms with Crippen LogP contribution < -0.4 is 5.73 Å². The molecule has 1 atom stereocenters. The first-order valence-corrected chi connectivity index (χ1v) is 4.91. The molecule has 0 heterocycles. The summed E-state index contributed by atoms with van der Waals surface area (Å²) in [5.41, 5.74) is 6.02. The molecule has 0 fully saturated rings. The predicted molar refractivity (Wildman–Crippen MR) is 55.7 cm³/mol. The number of ether oxygens (including phenoxy) is 1. The van der Waals surface area contributed by atoms with E-state index in [1.807, 2.05) is 0 Å². The monoisotopic (exact) mass is 213 g/mol. The standard InChI is InChI=1S/C11H16FNO2/c12-11-4-2-1-3-9(11)8-15-6-5-10(13)7-14/h1-4,10,14H,5-8,13H2/t10-/m0/s1. The Morgan fingerprint density at radius 1 is 1.40 bits per heavy atom. The van der Waals surface area contributed by atoms with Gasteiger partial charge in [-0.15, -0.1) is 0 Å². The molecule has 0 spiro atoms. The van der Waals surface area contributed by atoms with E-state index >= 15 is 0 Å².